The normalized spacial score (nSPS) is 11.0. The monoisotopic (exact) mass is 601 g/mol. The molecule has 0 fully saturated rings. The number of nitrogens with one attached hydrogen (secondary N) is 1. The number of hydrogen-bond acceptors (Lipinski definition) is 11. The van der Waals surface area contributed by atoms with Gasteiger partial charge in [-0.1, -0.05) is 22.6 Å². The van der Waals surface area contributed by atoms with Crippen molar-refractivity contribution in [2.45, 2.75) is 0 Å². The number of nitro benzene ring substituents is 2. The van der Waals surface area contributed by atoms with Crippen LogP contribution in [0.3, 0.4) is 0 Å². The summed E-state index contributed by atoms with van der Waals surface area (Å²) in [6.07, 6.45) is 0. The Bertz CT molecular complexity index is 699. The molecule has 0 saturated carbocycles. The number of nitro groups is 2. The van der Waals surface area contributed by atoms with Crippen molar-refractivity contribution in [3.8, 4) is 0 Å². The number of benzene rings is 1. The van der Waals surface area contributed by atoms with Gasteiger partial charge in [0.25, 0.3) is 11.4 Å². The first-order valence-electron chi connectivity index (χ1n) is 10.8. The van der Waals surface area contributed by atoms with Gasteiger partial charge >= 0.3 is 0 Å². The van der Waals surface area contributed by atoms with Gasteiger partial charge in [-0.15, -0.1) is 0 Å². The molecule has 14 heteroatoms. The third-order valence-electron chi connectivity index (χ3n) is 4.03. The van der Waals surface area contributed by atoms with E-state index in [9.17, 15) is 20.2 Å². The van der Waals surface area contributed by atoms with Crippen LogP contribution in [0.15, 0.2) is 18.2 Å². The topological polar surface area (TPSA) is 154 Å². The first-order chi connectivity index (χ1) is 16.6. The van der Waals surface area contributed by atoms with E-state index < -0.39 is 9.85 Å². The van der Waals surface area contributed by atoms with Crippen molar-refractivity contribution in [3.05, 3.63) is 38.4 Å². The Morgan fingerprint density at radius 1 is 0.676 bits per heavy atom. The fourth-order valence-corrected chi connectivity index (χ4v) is 2.76. The maximum Gasteiger partial charge on any atom is 0.299 e. The van der Waals surface area contributed by atoms with Gasteiger partial charge in [-0.3, -0.25) is 20.2 Å². The summed E-state index contributed by atoms with van der Waals surface area (Å²) >= 11 is 2.26. The van der Waals surface area contributed by atoms with E-state index in [0.29, 0.717) is 79.2 Å². The van der Waals surface area contributed by atoms with Crippen molar-refractivity contribution in [1.29, 1.82) is 0 Å². The molecule has 0 atom stereocenters. The Morgan fingerprint density at radius 3 is 1.53 bits per heavy atom. The van der Waals surface area contributed by atoms with Crippen molar-refractivity contribution in [1.82, 2.24) is 0 Å². The van der Waals surface area contributed by atoms with Gasteiger partial charge in [0.1, 0.15) is 5.69 Å². The number of rotatable bonds is 23. The average molecular weight is 601 g/mol. The molecule has 0 radical (unpaired) electrons. The quantitative estimate of drug-likeness (QED) is 0.0647. The molecule has 0 bridgehead atoms. The van der Waals surface area contributed by atoms with Crippen molar-refractivity contribution < 1.29 is 38.3 Å². The largest absolute Gasteiger partial charge is 0.378 e. The number of ether oxygens (including phenoxy) is 6. The van der Waals surface area contributed by atoms with Crippen molar-refractivity contribution in [2.24, 2.45) is 0 Å². The molecule has 1 rings (SSSR count). The van der Waals surface area contributed by atoms with Crippen LogP contribution in [0.1, 0.15) is 0 Å². The zero-order valence-corrected chi connectivity index (χ0v) is 21.1. The van der Waals surface area contributed by atoms with E-state index in [4.69, 9.17) is 28.4 Å². The van der Waals surface area contributed by atoms with Gasteiger partial charge in [0, 0.05) is 17.0 Å². The van der Waals surface area contributed by atoms with Crippen LogP contribution in [0.2, 0.25) is 0 Å². The Morgan fingerprint density at radius 2 is 1.12 bits per heavy atom. The minimum Gasteiger partial charge on any atom is -0.378 e. The smallest absolute Gasteiger partial charge is 0.299 e. The summed E-state index contributed by atoms with van der Waals surface area (Å²) in [7, 11) is 0. The fourth-order valence-electron chi connectivity index (χ4n) is 2.45. The molecule has 0 spiro atoms. The van der Waals surface area contributed by atoms with E-state index in [1.165, 1.54) is 12.1 Å². The molecule has 0 aliphatic carbocycles. The standard InChI is InChI=1S/C20H32IN3O10/c21-3-5-29-7-9-31-11-13-33-15-16-34-14-12-32-10-8-30-6-4-22-19-2-1-18(23(25)26)17-20(19)24(27)28/h1-2,17,22H,3-16H2. The van der Waals surface area contributed by atoms with E-state index in [1.807, 2.05) is 0 Å². The second kappa shape index (κ2) is 20.7. The van der Waals surface area contributed by atoms with Gasteiger partial charge < -0.3 is 33.7 Å². The minimum absolute atomic E-state index is 0.195. The summed E-state index contributed by atoms with van der Waals surface area (Å²) in [5.74, 6) is 0. The molecule has 1 N–H and O–H groups in total. The van der Waals surface area contributed by atoms with E-state index in [2.05, 4.69) is 27.9 Å². The number of hydrogen-bond donors (Lipinski definition) is 1. The van der Waals surface area contributed by atoms with Crippen molar-refractivity contribution in [3.63, 3.8) is 0 Å². The second-order valence-electron chi connectivity index (χ2n) is 6.51. The lowest BCUT2D eigenvalue weighted by Gasteiger charge is -2.09. The molecule has 13 nitrogen and oxygen atoms in total. The second-order valence-corrected chi connectivity index (χ2v) is 7.58. The summed E-state index contributed by atoms with van der Waals surface area (Å²) < 4.78 is 33.2. The molecule has 0 saturated heterocycles. The highest BCUT2D eigenvalue weighted by Crippen LogP contribution is 2.28. The third kappa shape index (κ3) is 15.3. The van der Waals surface area contributed by atoms with Crippen LogP contribution in [0.5, 0.6) is 0 Å². The molecule has 1 aromatic carbocycles. The molecule has 0 aliphatic rings. The van der Waals surface area contributed by atoms with Crippen molar-refractivity contribution in [2.75, 3.05) is 95.6 Å². The average Bonchev–Trinajstić information content (AvgIpc) is 2.82. The van der Waals surface area contributed by atoms with Crippen LogP contribution in [-0.2, 0) is 28.4 Å². The summed E-state index contributed by atoms with van der Waals surface area (Å²) in [6, 6.07) is 3.44. The van der Waals surface area contributed by atoms with E-state index in [0.717, 1.165) is 17.1 Å². The number of alkyl halides is 1. The lowest BCUT2D eigenvalue weighted by molar-refractivity contribution is -0.393. The maximum atomic E-state index is 11.1. The number of halogens is 1. The Labute approximate surface area is 211 Å². The van der Waals surface area contributed by atoms with Gasteiger partial charge in [-0.25, -0.2) is 0 Å². The van der Waals surface area contributed by atoms with Crippen LogP contribution in [-0.4, -0.2) is 100 Å². The molecule has 0 aromatic heterocycles. The molecule has 1 aromatic rings. The Balaban J connectivity index is 1.90. The van der Waals surface area contributed by atoms with Gasteiger partial charge in [0.15, 0.2) is 0 Å². The number of non-ortho nitro benzene ring substituents is 1. The maximum absolute atomic E-state index is 11.1. The molecular weight excluding hydrogens is 569 g/mol. The van der Waals surface area contributed by atoms with Crippen LogP contribution in [0.4, 0.5) is 17.1 Å². The zero-order valence-electron chi connectivity index (χ0n) is 19.0. The third-order valence-corrected chi connectivity index (χ3v) is 4.47. The molecule has 194 valence electrons. The molecular formula is C20H32IN3O10. The minimum atomic E-state index is -0.678. The first kappa shape index (κ1) is 30.3. The van der Waals surface area contributed by atoms with Gasteiger partial charge in [0.2, 0.25) is 0 Å². The van der Waals surface area contributed by atoms with E-state index in [1.54, 1.807) is 0 Å². The molecule has 0 unspecified atom stereocenters. The lowest BCUT2D eigenvalue weighted by atomic mass is 10.2. The van der Waals surface area contributed by atoms with Crippen LogP contribution >= 0.6 is 22.6 Å². The summed E-state index contributed by atoms with van der Waals surface area (Å²) in [6.45, 7) is 6.11. The highest BCUT2D eigenvalue weighted by atomic mass is 127. The van der Waals surface area contributed by atoms with Gasteiger partial charge in [0.05, 0.1) is 95.2 Å². The number of anilines is 1. The highest BCUT2D eigenvalue weighted by Gasteiger charge is 2.18. The molecule has 0 aliphatic heterocycles. The van der Waals surface area contributed by atoms with Crippen molar-refractivity contribution >= 4 is 39.7 Å². The van der Waals surface area contributed by atoms with E-state index >= 15 is 0 Å². The Kier molecular flexibility index (Phi) is 18.4. The first-order valence-corrected chi connectivity index (χ1v) is 12.3. The molecule has 0 heterocycles. The fraction of sp³-hybridized carbons (Fsp3) is 0.700. The number of nitrogens with zero attached hydrogens (tertiary/aromatic N) is 2. The van der Waals surface area contributed by atoms with Crippen LogP contribution in [0, 0.1) is 20.2 Å². The van der Waals surface area contributed by atoms with E-state index in [-0.39, 0.29) is 17.1 Å². The predicted molar refractivity (Wildman–Crippen MR) is 132 cm³/mol. The molecule has 34 heavy (non-hydrogen) atoms. The zero-order chi connectivity index (χ0) is 24.9. The van der Waals surface area contributed by atoms with Gasteiger partial charge in [-0.05, 0) is 6.07 Å². The Hall–Kier alpha value is -1.69. The van der Waals surface area contributed by atoms with Crippen LogP contribution < -0.4 is 5.32 Å². The lowest BCUT2D eigenvalue weighted by Crippen LogP contribution is -2.15. The summed E-state index contributed by atoms with van der Waals surface area (Å²) in [4.78, 5) is 20.5. The summed E-state index contributed by atoms with van der Waals surface area (Å²) in [5, 5.41) is 24.7. The van der Waals surface area contributed by atoms with Crippen LogP contribution in [0.25, 0.3) is 0 Å². The predicted octanol–water partition coefficient (Wildman–Crippen LogP) is 2.45. The highest BCUT2D eigenvalue weighted by molar-refractivity contribution is 14.1. The summed E-state index contributed by atoms with van der Waals surface area (Å²) in [5.41, 5.74) is -0.499. The molecule has 0 amide bonds. The SMILES string of the molecule is O=[N+]([O-])c1ccc(NCCOCCOCCOCCOCCOCCOCCI)c([N+](=O)[O-])c1. The van der Waals surface area contributed by atoms with Gasteiger partial charge in [-0.2, -0.15) is 0 Å².